The number of nitrogens with zero attached hydrogens (tertiary/aromatic N) is 4. The number of rotatable bonds is 6. The summed E-state index contributed by atoms with van der Waals surface area (Å²) in [4.78, 5) is 6.92. The van der Waals surface area contributed by atoms with Crippen molar-refractivity contribution in [3.63, 3.8) is 0 Å². The van der Waals surface area contributed by atoms with Crippen LogP contribution in [0.15, 0.2) is 29.3 Å². The highest BCUT2D eigenvalue weighted by molar-refractivity contribution is 5.79. The van der Waals surface area contributed by atoms with E-state index in [0.717, 1.165) is 44.5 Å². The topological polar surface area (TPSA) is 66.7 Å². The summed E-state index contributed by atoms with van der Waals surface area (Å²) in [6.45, 7) is 11.2. The standard InChI is InChI=1S/C22H34N6O/c1-16-7-6-8-19(13-16)21(28-9-11-29-12-10-28)15-25-22(23-4)24-14-20-17(2)26-27(5)18(20)3/h6-8,13,21H,9-12,14-15H2,1-5H3,(H2,23,24,25). The van der Waals surface area contributed by atoms with Gasteiger partial charge in [-0.1, -0.05) is 29.8 Å². The lowest BCUT2D eigenvalue weighted by Crippen LogP contribution is -2.46. The van der Waals surface area contributed by atoms with E-state index in [-0.39, 0.29) is 6.04 Å². The highest BCUT2D eigenvalue weighted by Gasteiger charge is 2.23. The maximum atomic E-state index is 5.56. The number of ether oxygens (including phenoxy) is 1. The van der Waals surface area contributed by atoms with Gasteiger partial charge in [0.25, 0.3) is 0 Å². The number of hydrogen-bond donors (Lipinski definition) is 2. The molecule has 1 fully saturated rings. The van der Waals surface area contributed by atoms with E-state index in [1.807, 2.05) is 25.7 Å². The molecule has 7 heteroatoms. The molecule has 2 N–H and O–H groups in total. The van der Waals surface area contributed by atoms with Gasteiger partial charge >= 0.3 is 0 Å². The number of morpholine rings is 1. The van der Waals surface area contributed by atoms with Gasteiger partial charge in [-0.2, -0.15) is 5.10 Å². The van der Waals surface area contributed by atoms with Crippen LogP contribution in [0.5, 0.6) is 0 Å². The third-order valence-corrected chi connectivity index (χ3v) is 5.69. The van der Waals surface area contributed by atoms with Crippen LogP contribution in [0.4, 0.5) is 0 Å². The molecular weight excluding hydrogens is 364 g/mol. The molecule has 1 saturated heterocycles. The van der Waals surface area contributed by atoms with Crippen LogP contribution in [0.3, 0.4) is 0 Å². The predicted molar refractivity (Wildman–Crippen MR) is 117 cm³/mol. The van der Waals surface area contributed by atoms with E-state index in [0.29, 0.717) is 6.54 Å². The largest absolute Gasteiger partial charge is 0.379 e. The predicted octanol–water partition coefficient (Wildman–Crippen LogP) is 2.08. The average Bonchev–Trinajstić information content (AvgIpc) is 2.97. The minimum Gasteiger partial charge on any atom is -0.379 e. The first-order valence-electron chi connectivity index (χ1n) is 10.3. The molecule has 2 heterocycles. The third-order valence-electron chi connectivity index (χ3n) is 5.69. The van der Waals surface area contributed by atoms with Crippen LogP contribution in [0.2, 0.25) is 0 Å². The fraction of sp³-hybridized carbons (Fsp3) is 0.545. The van der Waals surface area contributed by atoms with Crippen LogP contribution < -0.4 is 10.6 Å². The van der Waals surface area contributed by atoms with Gasteiger partial charge in [-0.3, -0.25) is 14.6 Å². The highest BCUT2D eigenvalue weighted by Crippen LogP contribution is 2.22. The molecule has 0 aliphatic carbocycles. The Morgan fingerprint density at radius 2 is 1.97 bits per heavy atom. The van der Waals surface area contributed by atoms with Gasteiger partial charge in [0.2, 0.25) is 0 Å². The van der Waals surface area contributed by atoms with Crippen molar-refractivity contribution in [2.45, 2.75) is 33.4 Å². The van der Waals surface area contributed by atoms with Crippen LogP contribution in [0.1, 0.15) is 34.1 Å². The first-order chi connectivity index (χ1) is 14.0. The smallest absolute Gasteiger partial charge is 0.191 e. The van der Waals surface area contributed by atoms with Gasteiger partial charge in [0.1, 0.15) is 0 Å². The van der Waals surface area contributed by atoms with E-state index in [2.05, 4.69) is 63.7 Å². The monoisotopic (exact) mass is 398 g/mol. The number of guanidine groups is 1. The molecule has 2 aromatic rings. The van der Waals surface area contributed by atoms with E-state index in [1.165, 1.54) is 22.4 Å². The zero-order valence-electron chi connectivity index (χ0n) is 18.3. The molecule has 1 atom stereocenters. The Kier molecular flexibility index (Phi) is 7.28. The third kappa shape index (κ3) is 5.36. The second kappa shape index (κ2) is 9.89. The van der Waals surface area contributed by atoms with Crippen LogP contribution >= 0.6 is 0 Å². The zero-order valence-corrected chi connectivity index (χ0v) is 18.3. The normalized spacial score (nSPS) is 16.7. The number of benzene rings is 1. The van der Waals surface area contributed by atoms with Gasteiger partial charge in [0.05, 0.1) is 24.9 Å². The molecule has 1 unspecified atom stereocenters. The Bertz CT molecular complexity index is 838. The summed E-state index contributed by atoms with van der Waals surface area (Å²) < 4.78 is 7.49. The zero-order chi connectivity index (χ0) is 20.8. The van der Waals surface area contributed by atoms with E-state index < -0.39 is 0 Å². The van der Waals surface area contributed by atoms with Gasteiger partial charge < -0.3 is 15.4 Å². The number of aryl methyl sites for hydroxylation is 3. The van der Waals surface area contributed by atoms with Crippen molar-refractivity contribution in [1.82, 2.24) is 25.3 Å². The highest BCUT2D eigenvalue weighted by atomic mass is 16.5. The summed E-state index contributed by atoms with van der Waals surface area (Å²) in [5.41, 5.74) is 6.06. The number of nitrogens with one attached hydrogen (secondary N) is 2. The summed E-state index contributed by atoms with van der Waals surface area (Å²) in [6, 6.07) is 9.05. The summed E-state index contributed by atoms with van der Waals surface area (Å²) in [7, 11) is 3.79. The molecule has 29 heavy (non-hydrogen) atoms. The van der Waals surface area contributed by atoms with Crippen molar-refractivity contribution in [2.24, 2.45) is 12.0 Å². The van der Waals surface area contributed by atoms with Crippen molar-refractivity contribution in [3.05, 3.63) is 52.3 Å². The van der Waals surface area contributed by atoms with E-state index in [9.17, 15) is 0 Å². The summed E-state index contributed by atoms with van der Waals surface area (Å²) in [5, 5.41) is 11.5. The van der Waals surface area contributed by atoms with Gasteiger partial charge in [0.15, 0.2) is 5.96 Å². The van der Waals surface area contributed by atoms with E-state index in [1.54, 1.807) is 0 Å². The molecule has 7 nitrogen and oxygen atoms in total. The molecule has 0 spiro atoms. The molecule has 158 valence electrons. The second-order valence-corrected chi connectivity index (χ2v) is 7.66. The van der Waals surface area contributed by atoms with Gasteiger partial charge in [-0.15, -0.1) is 0 Å². The van der Waals surface area contributed by atoms with Gasteiger partial charge in [-0.05, 0) is 26.3 Å². The van der Waals surface area contributed by atoms with Crippen LogP contribution in [0.25, 0.3) is 0 Å². The maximum Gasteiger partial charge on any atom is 0.191 e. The molecule has 1 aromatic carbocycles. The van der Waals surface area contributed by atoms with E-state index >= 15 is 0 Å². The van der Waals surface area contributed by atoms with E-state index in [4.69, 9.17) is 4.74 Å². The van der Waals surface area contributed by atoms with Crippen molar-refractivity contribution in [1.29, 1.82) is 0 Å². The Balaban J connectivity index is 1.66. The quantitative estimate of drug-likeness (QED) is 0.576. The lowest BCUT2D eigenvalue weighted by molar-refractivity contribution is 0.0170. The lowest BCUT2D eigenvalue weighted by atomic mass is 10.0. The molecule has 1 aliphatic rings. The number of hydrogen-bond acceptors (Lipinski definition) is 4. The summed E-state index contributed by atoms with van der Waals surface area (Å²) >= 11 is 0. The van der Waals surface area contributed by atoms with Crippen molar-refractivity contribution in [3.8, 4) is 0 Å². The van der Waals surface area contributed by atoms with Crippen LogP contribution in [-0.2, 0) is 18.3 Å². The fourth-order valence-electron chi connectivity index (χ4n) is 3.88. The van der Waals surface area contributed by atoms with Gasteiger partial charge in [0, 0.05) is 51.5 Å². The fourth-order valence-corrected chi connectivity index (χ4v) is 3.88. The molecule has 3 rings (SSSR count). The van der Waals surface area contributed by atoms with Gasteiger partial charge in [-0.25, -0.2) is 0 Å². The molecule has 1 aromatic heterocycles. The van der Waals surface area contributed by atoms with Crippen molar-refractivity contribution in [2.75, 3.05) is 39.9 Å². The Labute approximate surface area is 174 Å². The minimum absolute atomic E-state index is 0.277. The molecule has 1 aliphatic heterocycles. The summed E-state index contributed by atoms with van der Waals surface area (Å²) in [5.74, 6) is 0.804. The molecule has 0 bridgehead atoms. The minimum atomic E-state index is 0.277. The Hall–Kier alpha value is -2.38. The second-order valence-electron chi connectivity index (χ2n) is 7.66. The number of aromatic nitrogens is 2. The van der Waals surface area contributed by atoms with Crippen LogP contribution in [-0.4, -0.2) is 60.5 Å². The number of aliphatic imine (C=N–C) groups is 1. The van der Waals surface area contributed by atoms with Crippen molar-refractivity contribution < 1.29 is 4.74 Å². The molecule has 0 radical (unpaired) electrons. The Morgan fingerprint density at radius 3 is 2.59 bits per heavy atom. The average molecular weight is 399 g/mol. The lowest BCUT2D eigenvalue weighted by Gasteiger charge is -2.35. The summed E-state index contributed by atoms with van der Waals surface area (Å²) in [6.07, 6.45) is 0. The Morgan fingerprint density at radius 1 is 1.21 bits per heavy atom. The maximum absolute atomic E-state index is 5.56. The molecular formula is C22H34N6O. The van der Waals surface area contributed by atoms with Crippen molar-refractivity contribution >= 4 is 5.96 Å². The molecule has 0 amide bonds. The van der Waals surface area contributed by atoms with Crippen LogP contribution in [0, 0.1) is 20.8 Å². The first-order valence-corrected chi connectivity index (χ1v) is 10.3. The SMILES string of the molecule is CN=C(NCc1c(C)nn(C)c1C)NCC(c1cccc(C)c1)N1CCOCC1. The molecule has 0 saturated carbocycles. The first kappa shape index (κ1) is 21.3.